The second kappa shape index (κ2) is 7.53. The maximum atomic E-state index is 10.8. The number of hydrogen-bond donors (Lipinski definition) is 1. The van der Waals surface area contributed by atoms with E-state index in [-0.39, 0.29) is 12.6 Å². The van der Waals surface area contributed by atoms with Crippen LogP contribution in [0.25, 0.3) is 11.0 Å². The third kappa shape index (κ3) is 4.08. The molecule has 2 aromatic rings. The Labute approximate surface area is 145 Å². The summed E-state index contributed by atoms with van der Waals surface area (Å²) in [5.41, 5.74) is 1.79. The van der Waals surface area contributed by atoms with E-state index >= 15 is 0 Å². The molecule has 7 heteroatoms. The van der Waals surface area contributed by atoms with Gasteiger partial charge in [-0.1, -0.05) is 18.2 Å². The van der Waals surface area contributed by atoms with E-state index in [1.807, 2.05) is 24.3 Å². The van der Waals surface area contributed by atoms with Crippen molar-refractivity contribution in [3.8, 4) is 0 Å². The largest absolute Gasteiger partial charge is 0.480 e. The molecule has 1 atom stereocenters. The fourth-order valence-corrected chi connectivity index (χ4v) is 3.36. The number of carboxylic acid groups (broad SMARTS) is 1. The van der Waals surface area contributed by atoms with Crippen molar-refractivity contribution < 1.29 is 19.1 Å². The molecular weight excluding hydrogens is 332 g/mol. The van der Waals surface area contributed by atoms with Gasteiger partial charge in [-0.2, -0.15) is 0 Å². The third-order valence-electron chi connectivity index (χ3n) is 4.17. The summed E-state index contributed by atoms with van der Waals surface area (Å²) in [5, 5.41) is 10.3. The first-order chi connectivity index (χ1) is 11.5. The Hall–Kier alpha value is -1.60. The lowest BCUT2D eigenvalue weighted by atomic mass is 10.1. The number of benzene rings is 1. The quantitative estimate of drug-likeness (QED) is 0.860. The molecule has 0 saturated carbocycles. The van der Waals surface area contributed by atoms with Gasteiger partial charge in [0, 0.05) is 37.1 Å². The van der Waals surface area contributed by atoms with Crippen LogP contribution in [0.2, 0.25) is 5.22 Å². The fourth-order valence-electron chi connectivity index (χ4n) is 3.12. The first-order valence-electron chi connectivity index (χ1n) is 7.93. The monoisotopic (exact) mass is 352 g/mol. The number of fused-ring (bicyclic) bond motifs is 1. The first kappa shape index (κ1) is 17.2. The highest BCUT2D eigenvalue weighted by atomic mass is 35.5. The zero-order valence-electron chi connectivity index (χ0n) is 13.6. The van der Waals surface area contributed by atoms with Crippen LogP contribution >= 0.6 is 11.6 Å². The van der Waals surface area contributed by atoms with Gasteiger partial charge in [-0.15, -0.1) is 0 Å². The molecule has 3 rings (SSSR count). The summed E-state index contributed by atoms with van der Waals surface area (Å²) in [7, 11) is 1.79. The smallest absolute Gasteiger partial charge is 0.317 e. The Morgan fingerprint density at radius 1 is 1.46 bits per heavy atom. The number of carbonyl (C=O) groups is 1. The summed E-state index contributed by atoms with van der Waals surface area (Å²) in [5.74, 6) is -0.832. The molecule has 1 unspecified atom stereocenters. The standard InChI is InChI=1S/C17H21ClN2O4/c1-19(11-16(21)22)8-12-9-20(6-7-23-12)10-14-13-4-2-3-5-15(13)24-17(14)18/h2-5,12H,6-11H2,1H3,(H,21,22). The molecule has 0 bridgehead atoms. The predicted molar refractivity (Wildman–Crippen MR) is 91.4 cm³/mol. The molecule has 0 spiro atoms. The lowest BCUT2D eigenvalue weighted by molar-refractivity contribution is -0.138. The molecule has 0 radical (unpaired) electrons. The maximum absolute atomic E-state index is 10.8. The van der Waals surface area contributed by atoms with Gasteiger partial charge in [0.25, 0.3) is 0 Å². The number of rotatable bonds is 6. The van der Waals surface area contributed by atoms with Crippen LogP contribution < -0.4 is 0 Å². The molecule has 2 heterocycles. The number of morpholine rings is 1. The van der Waals surface area contributed by atoms with Gasteiger partial charge in [0.15, 0.2) is 5.22 Å². The van der Waals surface area contributed by atoms with Gasteiger partial charge in [-0.3, -0.25) is 14.6 Å². The van der Waals surface area contributed by atoms with Crippen LogP contribution in [-0.2, 0) is 16.1 Å². The summed E-state index contributed by atoms with van der Waals surface area (Å²) in [4.78, 5) is 14.8. The van der Waals surface area contributed by atoms with Gasteiger partial charge in [0.1, 0.15) is 5.58 Å². The van der Waals surface area contributed by atoms with Crippen LogP contribution in [0.1, 0.15) is 5.56 Å². The van der Waals surface area contributed by atoms with E-state index < -0.39 is 5.97 Å². The highest BCUT2D eigenvalue weighted by Crippen LogP contribution is 2.30. The third-order valence-corrected chi connectivity index (χ3v) is 4.48. The van der Waals surface area contributed by atoms with Gasteiger partial charge in [0.05, 0.1) is 19.3 Å². The second-order valence-corrected chi connectivity index (χ2v) is 6.51. The highest BCUT2D eigenvalue weighted by Gasteiger charge is 2.24. The van der Waals surface area contributed by atoms with Crippen molar-refractivity contribution in [2.45, 2.75) is 12.6 Å². The zero-order chi connectivity index (χ0) is 17.1. The van der Waals surface area contributed by atoms with Crippen molar-refractivity contribution in [2.24, 2.45) is 0 Å². The number of likely N-dealkylation sites (N-methyl/N-ethyl adjacent to an activating group) is 1. The van der Waals surface area contributed by atoms with Crippen molar-refractivity contribution >= 4 is 28.5 Å². The maximum Gasteiger partial charge on any atom is 0.317 e. The van der Waals surface area contributed by atoms with Crippen molar-refractivity contribution in [3.05, 3.63) is 35.0 Å². The summed E-state index contributed by atoms with van der Waals surface area (Å²) in [6.45, 7) is 3.47. The van der Waals surface area contributed by atoms with Crippen molar-refractivity contribution in [1.29, 1.82) is 0 Å². The van der Waals surface area contributed by atoms with E-state index in [4.69, 9.17) is 25.9 Å². The van der Waals surface area contributed by atoms with Crippen LogP contribution in [0.15, 0.2) is 28.7 Å². The van der Waals surface area contributed by atoms with Crippen LogP contribution in [0, 0.1) is 0 Å². The summed E-state index contributed by atoms with van der Waals surface area (Å²) < 4.78 is 11.4. The molecule has 130 valence electrons. The Morgan fingerprint density at radius 2 is 2.25 bits per heavy atom. The first-order valence-corrected chi connectivity index (χ1v) is 8.31. The molecule has 1 aliphatic rings. The molecule has 1 saturated heterocycles. The van der Waals surface area contributed by atoms with E-state index in [2.05, 4.69) is 4.90 Å². The molecule has 24 heavy (non-hydrogen) atoms. The van der Waals surface area contributed by atoms with Crippen LogP contribution in [0.3, 0.4) is 0 Å². The number of furan rings is 1. The van der Waals surface area contributed by atoms with Gasteiger partial charge in [-0.05, 0) is 24.7 Å². The average Bonchev–Trinajstić information content (AvgIpc) is 2.83. The Kier molecular flexibility index (Phi) is 5.40. The minimum Gasteiger partial charge on any atom is -0.480 e. The van der Waals surface area contributed by atoms with Gasteiger partial charge in [-0.25, -0.2) is 0 Å². The summed E-state index contributed by atoms with van der Waals surface area (Å²) >= 11 is 6.27. The molecule has 1 aromatic heterocycles. The van der Waals surface area contributed by atoms with Crippen LogP contribution in [0.5, 0.6) is 0 Å². The van der Waals surface area contributed by atoms with Crippen molar-refractivity contribution in [3.63, 3.8) is 0 Å². The fraction of sp³-hybridized carbons (Fsp3) is 0.471. The summed E-state index contributed by atoms with van der Waals surface area (Å²) in [6.07, 6.45) is -0.0139. The highest BCUT2D eigenvalue weighted by molar-refractivity contribution is 6.30. The van der Waals surface area contributed by atoms with Gasteiger partial charge < -0.3 is 14.3 Å². The molecule has 0 aliphatic carbocycles. The summed E-state index contributed by atoms with van der Waals surface area (Å²) in [6, 6.07) is 7.82. The van der Waals surface area contributed by atoms with Gasteiger partial charge >= 0.3 is 5.97 Å². The SMILES string of the molecule is CN(CC(=O)O)CC1CN(Cc2c(Cl)oc3ccccc23)CCO1. The molecule has 1 aromatic carbocycles. The molecule has 0 amide bonds. The number of ether oxygens (including phenoxy) is 1. The minimum atomic E-state index is -0.832. The van der Waals surface area contributed by atoms with Crippen LogP contribution in [0.4, 0.5) is 0 Å². The van der Waals surface area contributed by atoms with Crippen molar-refractivity contribution in [2.75, 3.05) is 39.8 Å². The Morgan fingerprint density at radius 3 is 3.04 bits per heavy atom. The van der Waals surface area contributed by atoms with Crippen LogP contribution in [-0.4, -0.2) is 66.8 Å². The zero-order valence-corrected chi connectivity index (χ0v) is 14.3. The lowest BCUT2D eigenvalue weighted by Gasteiger charge is -2.34. The number of nitrogens with zero attached hydrogens (tertiary/aromatic N) is 2. The van der Waals surface area contributed by atoms with E-state index in [0.29, 0.717) is 24.9 Å². The number of halogens is 1. The molecule has 6 nitrogen and oxygen atoms in total. The lowest BCUT2D eigenvalue weighted by Crippen LogP contribution is -2.47. The molecule has 1 aliphatic heterocycles. The number of aliphatic carboxylic acids is 1. The van der Waals surface area contributed by atoms with E-state index in [0.717, 1.165) is 29.6 Å². The van der Waals surface area contributed by atoms with E-state index in [9.17, 15) is 4.79 Å². The van der Waals surface area contributed by atoms with E-state index in [1.54, 1.807) is 11.9 Å². The number of carboxylic acids is 1. The Balaban J connectivity index is 1.64. The average molecular weight is 353 g/mol. The molecule has 1 fully saturated rings. The van der Waals surface area contributed by atoms with Crippen molar-refractivity contribution in [1.82, 2.24) is 9.80 Å². The number of para-hydroxylation sites is 1. The van der Waals surface area contributed by atoms with Gasteiger partial charge in [0.2, 0.25) is 0 Å². The predicted octanol–water partition coefficient (Wildman–Crippen LogP) is 2.30. The second-order valence-electron chi connectivity index (χ2n) is 6.17. The van der Waals surface area contributed by atoms with E-state index in [1.165, 1.54) is 0 Å². The minimum absolute atomic E-state index is 0.0120. The molecule has 1 N–H and O–H groups in total. The normalized spacial score (nSPS) is 19.2. The Bertz CT molecular complexity index is 718. The molecular formula is C17H21ClN2O4. The number of hydrogen-bond acceptors (Lipinski definition) is 5. The topological polar surface area (TPSA) is 66.2 Å².